The van der Waals surface area contributed by atoms with Gasteiger partial charge in [-0.15, -0.1) is 11.3 Å². The van der Waals surface area contributed by atoms with Crippen LogP contribution in [0.2, 0.25) is 5.02 Å². The van der Waals surface area contributed by atoms with Gasteiger partial charge in [0.1, 0.15) is 17.4 Å². The lowest BCUT2D eigenvalue weighted by Crippen LogP contribution is -2.33. The Morgan fingerprint density at radius 2 is 1.85 bits per heavy atom. The fourth-order valence-electron chi connectivity index (χ4n) is 2.37. The summed E-state index contributed by atoms with van der Waals surface area (Å²) in [6.07, 6.45) is 0. The van der Waals surface area contributed by atoms with Gasteiger partial charge in [-0.25, -0.2) is 8.78 Å². The fraction of sp³-hybridized carbons (Fsp3) is 0.105. The van der Waals surface area contributed by atoms with Crippen LogP contribution in [0.25, 0.3) is 0 Å². The van der Waals surface area contributed by atoms with Crippen molar-refractivity contribution in [3.05, 3.63) is 87.1 Å². The second-order valence-corrected chi connectivity index (χ2v) is 6.82. The van der Waals surface area contributed by atoms with Gasteiger partial charge in [0.25, 0.3) is 5.91 Å². The molecule has 0 aliphatic heterocycles. The first-order valence-corrected chi connectivity index (χ1v) is 8.95. The minimum atomic E-state index is -0.485. The molecule has 1 aromatic heterocycles. The summed E-state index contributed by atoms with van der Waals surface area (Å²) in [5, 5.41) is 4.85. The minimum absolute atomic E-state index is 0.0890. The van der Waals surface area contributed by atoms with Gasteiger partial charge in [0.05, 0.1) is 11.1 Å². The number of carbonyl (C=O) groups is 1. The molecule has 3 rings (SSSR count). The Kier molecular flexibility index (Phi) is 5.85. The summed E-state index contributed by atoms with van der Waals surface area (Å²) in [5.74, 6) is -0.994. The maximum absolute atomic E-state index is 13.2. The number of carbonyl (C=O) groups excluding carboxylic acids is 1. The van der Waals surface area contributed by atoms with E-state index >= 15 is 0 Å². The van der Waals surface area contributed by atoms with E-state index in [0.717, 1.165) is 16.5 Å². The molecular formula is C19H14ClF2NO2S. The highest BCUT2D eigenvalue weighted by Crippen LogP contribution is 2.27. The Balaban J connectivity index is 1.70. The number of rotatable bonds is 6. The molecule has 0 aliphatic carbocycles. The van der Waals surface area contributed by atoms with E-state index in [4.69, 9.17) is 16.3 Å². The molecule has 0 saturated heterocycles. The molecule has 0 radical (unpaired) electrons. The molecule has 7 heteroatoms. The summed E-state index contributed by atoms with van der Waals surface area (Å²) in [6, 6.07) is 12.9. The van der Waals surface area contributed by atoms with E-state index in [2.05, 4.69) is 5.32 Å². The molecule has 3 aromatic rings. The Bertz CT molecular complexity index is 885. The van der Waals surface area contributed by atoms with E-state index in [9.17, 15) is 13.6 Å². The van der Waals surface area contributed by atoms with Gasteiger partial charge >= 0.3 is 0 Å². The summed E-state index contributed by atoms with van der Waals surface area (Å²) in [4.78, 5) is 13.2. The maximum Gasteiger partial charge on any atom is 0.258 e. The molecule has 0 fully saturated rings. The van der Waals surface area contributed by atoms with Gasteiger partial charge in [0.2, 0.25) is 0 Å². The van der Waals surface area contributed by atoms with Gasteiger partial charge in [-0.2, -0.15) is 0 Å². The second-order valence-electron chi connectivity index (χ2n) is 5.43. The van der Waals surface area contributed by atoms with Crippen LogP contribution in [0.15, 0.2) is 60.0 Å². The van der Waals surface area contributed by atoms with E-state index < -0.39 is 11.9 Å². The van der Waals surface area contributed by atoms with Crippen molar-refractivity contribution in [3.8, 4) is 5.75 Å². The number of benzene rings is 2. The average Bonchev–Trinajstić information content (AvgIpc) is 3.14. The van der Waals surface area contributed by atoms with Gasteiger partial charge in [-0.1, -0.05) is 29.8 Å². The first-order chi connectivity index (χ1) is 12.5. The number of hydrogen-bond donors (Lipinski definition) is 1. The predicted molar refractivity (Wildman–Crippen MR) is 97.6 cm³/mol. The first kappa shape index (κ1) is 18.4. The van der Waals surface area contributed by atoms with Crippen LogP contribution < -0.4 is 10.1 Å². The van der Waals surface area contributed by atoms with Gasteiger partial charge < -0.3 is 10.1 Å². The second kappa shape index (κ2) is 8.29. The van der Waals surface area contributed by atoms with Crippen LogP contribution >= 0.6 is 22.9 Å². The SMILES string of the molecule is O=C(COc1ccc(F)cc1Cl)N[C@@H](c1ccc(F)cc1)c1cccs1. The van der Waals surface area contributed by atoms with Crippen LogP contribution in [0.4, 0.5) is 8.78 Å². The van der Waals surface area contributed by atoms with Crippen molar-refractivity contribution in [3.63, 3.8) is 0 Å². The smallest absolute Gasteiger partial charge is 0.258 e. The normalized spacial score (nSPS) is 11.8. The number of thiophene rings is 1. The number of amides is 1. The zero-order valence-electron chi connectivity index (χ0n) is 13.4. The Morgan fingerprint density at radius 1 is 1.12 bits per heavy atom. The lowest BCUT2D eigenvalue weighted by Gasteiger charge is -2.18. The van der Waals surface area contributed by atoms with Crippen molar-refractivity contribution < 1.29 is 18.3 Å². The van der Waals surface area contributed by atoms with Crippen molar-refractivity contribution in [2.75, 3.05) is 6.61 Å². The zero-order valence-corrected chi connectivity index (χ0v) is 15.0. The molecule has 0 aliphatic rings. The third kappa shape index (κ3) is 4.59. The standard InChI is InChI=1S/C19H14ClF2NO2S/c20-15-10-14(22)7-8-16(15)25-11-18(24)23-19(17-2-1-9-26-17)12-3-5-13(21)6-4-12/h1-10,19H,11H2,(H,23,24)/t19-/m0/s1. The molecule has 0 unspecified atom stereocenters. The van der Waals surface area contributed by atoms with Crippen molar-refractivity contribution >= 4 is 28.8 Å². The van der Waals surface area contributed by atoms with Gasteiger partial charge in [-0.3, -0.25) is 4.79 Å². The average molecular weight is 394 g/mol. The minimum Gasteiger partial charge on any atom is -0.482 e. The highest BCUT2D eigenvalue weighted by Gasteiger charge is 2.18. The zero-order chi connectivity index (χ0) is 18.5. The lowest BCUT2D eigenvalue weighted by atomic mass is 10.1. The summed E-state index contributed by atoms with van der Waals surface area (Å²) < 4.78 is 31.6. The van der Waals surface area contributed by atoms with E-state index in [0.29, 0.717) is 0 Å². The van der Waals surface area contributed by atoms with Crippen LogP contribution in [0.5, 0.6) is 5.75 Å². The third-order valence-electron chi connectivity index (χ3n) is 3.59. The Labute approximate surface area is 158 Å². The highest BCUT2D eigenvalue weighted by atomic mass is 35.5. The molecule has 1 heterocycles. The third-order valence-corrected chi connectivity index (χ3v) is 4.82. The van der Waals surface area contributed by atoms with Gasteiger partial charge in [0, 0.05) is 4.88 Å². The quantitative estimate of drug-likeness (QED) is 0.642. The van der Waals surface area contributed by atoms with Crippen LogP contribution in [0.3, 0.4) is 0 Å². The summed E-state index contributed by atoms with van der Waals surface area (Å²) >= 11 is 7.36. The molecular weight excluding hydrogens is 380 g/mol. The molecule has 3 nitrogen and oxygen atoms in total. The van der Waals surface area contributed by atoms with Crippen molar-refractivity contribution in [2.24, 2.45) is 0 Å². The van der Waals surface area contributed by atoms with Crippen LogP contribution in [0.1, 0.15) is 16.5 Å². The topological polar surface area (TPSA) is 38.3 Å². The number of hydrogen-bond acceptors (Lipinski definition) is 3. The molecule has 134 valence electrons. The predicted octanol–water partition coefficient (Wildman–Crippen LogP) is 4.96. The van der Waals surface area contributed by atoms with Gasteiger partial charge in [-0.05, 0) is 47.3 Å². The van der Waals surface area contributed by atoms with Crippen molar-refractivity contribution in [1.82, 2.24) is 5.32 Å². The Morgan fingerprint density at radius 3 is 2.50 bits per heavy atom. The van der Waals surface area contributed by atoms with E-state index in [1.807, 2.05) is 17.5 Å². The van der Waals surface area contributed by atoms with Gasteiger partial charge in [0.15, 0.2) is 6.61 Å². The van der Waals surface area contributed by atoms with E-state index in [-0.39, 0.29) is 29.1 Å². The lowest BCUT2D eigenvalue weighted by molar-refractivity contribution is -0.123. The summed E-state index contributed by atoms with van der Waals surface area (Å²) in [5.41, 5.74) is 0.752. The molecule has 1 amide bonds. The first-order valence-electron chi connectivity index (χ1n) is 7.69. The van der Waals surface area contributed by atoms with Crippen molar-refractivity contribution in [2.45, 2.75) is 6.04 Å². The monoisotopic (exact) mass is 393 g/mol. The molecule has 0 spiro atoms. The molecule has 2 aromatic carbocycles. The van der Waals surface area contributed by atoms with Crippen LogP contribution in [-0.4, -0.2) is 12.5 Å². The number of nitrogens with one attached hydrogen (secondary N) is 1. The fourth-order valence-corrected chi connectivity index (χ4v) is 3.39. The Hall–Kier alpha value is -2.44. The largest absolute Gasteiger partial charge is 0.482 e. The highest BCUT2D eigenvalue weighted by molar-refractivity contribution is 7.10. The van der Waals surface area contributed by atoms with Crippen molar-refractivity contribution in [1.29, 1.82) is 0 Å². The van der Waals surface area contributed by atoms with E-state index in [1.165, 1.54) is 35.6 Å². The molecule has 26 heavy (non-hydrogen) atoms. The van der Waals surface area contributed by atoms with Crippen LogP contribution in [0, 0.1) is 11.6 Å². The maximum atomic E-state index is 13.2. The summed E-state index contributed by atoms with van der Waals surface area (Å²) in [6.45, 7) is -0.283. The van der Waals surface area contributed by atoms with E-state index in [1.54, 1.807) is 12.1 Å². The molecule has 1 atom stereocenters. The number of ether oxygens (including phenoxy) is 1. The summed E-state index contributed by atoms with van der Waals surface area (Å²) in [7, 11) is 0. The number of halogens is 3. The molecule has 0 bridgehead atoms. The molecule has 0 saturated carbocycles. The van der Waals surface area contributed by atoms with Crippen LogP contribution in [-0.2, 0) is 4.79 Å². The molecule has 1 N–H and O–H groups in total.